The van der Waals surface area contributed by atoms with E-state index in [0.29, 0.717) is 5.01 Å². The molecule has 0 bridgehead atoms. The zero-order valence-corrected chi connectivity index (χ0v) is 21.4. The first-order chi connectivity index (χ1) is 17.4. The number of hydrogen-bond donors (Lipinski definition) is 2. The van der Waals surface area contributed by atoms with Crippen LogP contribution < -0.4 is 5.32 Å². The molecule has 0 amide bonds. The van der Waals surface area contributed by atoms with E-state index in [2.05, 4.69) is 20.0 Å². The number of aromatic nitrogens is 1. The van der Waals surface area contributed by atoms with Crippen molar-refractivity contribution in [1.29, 1.82) is 0 Å². The van der Waals surface area contributed by atoms with Gasteiger partial charge in [-0.15, -0.1) is 11.3 Å². The third-order valence-electron chi connectivity index (χ3n) is 6.31. The van der Waals surface area contributed by atoms with Gasteiger partial charge in [-0.25, -0.2) is 27.9 Å². The van der Waals surface area contributed by atoms with Crippen LogP contribution in [0.3, 0.4) is 0 Å². The molecule has 4 rings (SSSR count). The van der Waals surface area contributed by atoms with Crippen LogP contribution in [-0.2, 0) is 14.3 Å². The number of likely N-dealkylation sites (tertiary alicyclic amines) is 1. The molecular formula is C23H22ClF3N4O5S. The molecule has 1 aromatic heterocycles. The molecule has 3 heterocycles. The molecule has 2 atom stereocenters. The third-order valence-corrected chi connectivity index (χ3v) is 7.42. The number of nitrogens with zero attached hydrogens (tertiary/aromatic N) is 3. The van der Waals surface area contributed by atoms with Crippen molar-refractivity contribution >= 4 is 40.9 Å². The lowest BCUT2D eigenvalue weighted by molar-refractivity contribution is -0.149. The minimum absolute atomic E-state index is 0.0308. The average molecular weight is 559 g/mol. The fourth-order valence-electron chi connectivity index (χ4n) is 4.36. The molecule has 2 aliphatic rings. The number of carboxylic acid groups (broad SMARTS) is 1. The number of amidine groups is 1. The minimum atomic E-state index is -3.33. The molecule has 37 heavy (non-hydrogen) atoms. The maximum Gasteiger partial charge on any atom is 0.513 e. The second kappa shape index (κ2) is 9.95. The second-order valence-electron chi connectivity index (χ2n) is 8.98. The summed E-state index contributed by atoms with van der Waals surface area (Å²) < 4.78 is 53.6. The Morgan fingerprint density at radius 3 is 2.68 bits per heavy atom. The molecule has 1 aromatic carbocycles. The Labute approximate surface area is 218 Å². The number of aliphatic carboxylic acids is 1. The SMILES string of the molecule is COC(=O)OC1=C(CN2CC(F)(F)C(C)(C)[C@H]2C(=O)O)NC(c2nccs2)=N[C@@H]1c1ccc(F)cc1Cl. The van der Waals surface area contributed by atoms with Crippen molar-refractivity contribution in [1.82, 2.24) is 15.2 Å². The lowest BCUT2D eigenvalue weighted by atomic mass is 9.82. The van der Waals surface area contributed by atoms with Gasteiger partial charge in [0.05, 0.1) is 24.8 Å². The van der Waals surface area contributed by atoms with Gasteiger partial charge in [0, 0.05) is 28.7 Å². The Kier molecular flexibility index (Phi) is 7.23. The number of nitrogens with one attached hydrogen (secondary N) is 1. The summed E-state index contributed by atoms with van der Waals surface area (Å²) in [5.74, 6) is -5.35. The standard InChI is InChI=1S/C23H22ClF3N4O5S/c1-22(2)17(20(32)33)31(10-23(22,26)27)9-14-16(36-21(34)35-3)15(12-5-4-11(25)8-13(12)24)30-18(29-14)19-28-6-7-37-19/h4-8,15,17H,9-10H2,1-3H3,(H,29,30)(H,32,33)/t15-,17-/m1/s1. The van der Waals surface area contributed by atoms with Gasteiger partial charge in [-0.1, -0.05) is 31.5 Å². The number of carbonyl (C=O) groups excluding carboxylic acids is 1. The molecular weight excluding hydrogens is 537 g/mol. The number of alkyl halides is 2. The predicted molar refractivity (Wildman–Crippen MR) is 128 cm³/mol. The van der Waals surface area contributed by atoms with E-state index in [1.54, 1.807) is 5.38 Å². The van der Waals surface area contributed by atoms with Crippen molar-refractivity contribution in [3.63, 3.8) is 0 Å². The van der Waals surface area contributed by atoms with Crippen LogP contribution in [0.4, 0.5) is 18.0 Å². The number of thiazole rings is 1. The zero-order chi connectivity index (χ0) is 27.1. The fourth-order valence-corrected chi connectivity index (χ4v) is 5.22. The molecule has 0 aliphatic carbocycles. The van der Waals surface area contributed by atoms with Crippen LogP contribution in [0.5, 0.6) is 0 Å². The molecule has 9 nitrogen and oxygen atoms in total. The largest absolute Gasteiger partial charge is 0.513 e. The number of carboxylic acids is 1. The van der Waals surface area contributed by atoms with E-state index in [0.717, 1.165) is 24.1 Å². The Hall–Kier alpha value is -3.16. The highest BCUT2D eigenvalue weighted by atomic mass is 35.5. The van der Waals surface area contributed by atoms with E-state index in [1.807, 2.05) is 0 Å². The smallest absolute Gasteiger partial charge is 0.480 e. The van der Waals surface area contributed by atoms with Crippen molar-refractivity contribution in [2.75, 3.05) is 20.2 Å². The number of rotatable bonds is 6. The summed E-state index contributed by atoms with van der Waals surface area (Å²) in [6.45, 7) is 1.12. The zero-order valence-electron chi connectivity index (χ0n) is 19.8. The normalized spacial score (nSPS) is 22.8. The molecule has 1 saturated heterocycles. The van der Waals surface area contributed by atoms with E-state index in [9.17, 15) is 27.9 Å². The molecule has 0 spiro atoms. The number of ether oxygens (including phenoxy) is 2. The van der Waals surface area contributed by atoms with Gasteiger partial charge in [-0.05, 0) is 12.1 Å². The molecule has 2 aliphatic heterocycles. The van der Waals surface area contributed by atoms with Crippen molar-refractivity contribution in [3.05, 3.63) is 62.6 Å². The van der Waals surface area contributed by atoms with Crippen molar-refractivity contribution in [3.8, 4) is 0 Å². The van der Waals surface area contributed by atoms with Gasteiger partial charge in [0.2, 0.25) is 0 Å². The second-order valence-corrected chi connectivity index (χ2v) is 10.3. The van der Waals surface area contributed by atoms with Crippen LogP contribution >= 0.6 is 22.9 Å². The van der Waals surface area contributed by atoms with Gasteiger partial charge in [0.25, 0.3) is 5.92 Å². The van der Waals surface area contributed by atoms with Gasteiger partial charge < -0.3 is 19.9 Å². The first-order valence-electron chi connectivity index (χ1n) is 10.9. The molecule has 0 unspecified atom stereocenters. The van der Waals surface area contributed by atoms with E-state index < -0.39 is 47.9 Å². The molecule has 198 valence electrons. The Bertz CT molecular complexity index is 1290. The van der Waals surface area contributed by atoms with Crippen molar-refractivity contribution in [2.24, 2.45) is 10.4 Å². The van der Waals surface area contributed by atoms with Crippen LogP contribution in [0, 0.1) is 11.2 Å². The summed E-state index contributed by atoms with van der Waals surface area (Å²) in [5.41, 5.74) is -1.59. The quantitative estimate of drug-likeness (QED) is 0.500. The molecule has 2 N–H and O–H groups in total. The first kappa shape index (κ1) is 26.9. The molecule has 2 aromatic rings. The summed E-state index contributed by atoms with van der Waals surface area (Å²) in [5, 5.41) is 14.9. The average Bonchev–Trinajstić information content (AvgIpc) is 3.39. The van der Waals surface area contributed by atoms with Crippen LogP contribution in [0.25, 0.3) is 0 Å². The summed E-state index contributed by atoms with van der Waals surface area (Å²) in [4.78, 5) is 34.1. The molecule has 0 radical (unpaired) electrons. The Morgan fingerprint density at radius 2 is 2.08 bits per heavy atom. The number of aliphatic imine (C=N–C) groups is 1. The van der Waals surface area contributed by atoms with E-state index >= 15 is 0 Å². The lowest BCUT2D eigenvalue weighted by Gasteiger charge is -2.32. The Balaban J connectivity index is 1.86. The topological polar surface area (TPSA) is 113 Å². The summed E-state index contributed by atoms with van der Waals surface area (Å²) in [6, 6.07) is 0.841. The van der Waals surface area contributed by atoms with E-state index in [-0.39, 0.29) is 34.4 Å². The van der Waals surface area contributed by atoms with Crippen LogP contribution in [-0.4, -0.2) is 65.1 Å². The van der Waals surface area contributed by atoms with E-state index in [1.165, 1.54) is 37.4 Å². The number of carbonyl (C=O) groups is 2. The highest BCUT2D eigenvalue weighted by Crippen LogP contribution is 2.48. The number of hydrogen-bond acceptors (Lipinski definition) is 9. The predicted octanol–water partition coefficient (Wildman–Crippen LogP) is 4.45. The van der Waals surface area contributed by atoms with Gasteiger partial charge in [-0.3, -0.25) is 9.69 Å². The Morgan fingerprint density at radius 1 is 1.35 bits per heavy atom. The first-order valence-corrected chi connectivity index (χ1v) is 12.1. The highest BCUT2D eigenvalue weighted by molar-refractivity contribution is 7.11. The van der Waals surface area contributed by atoms with Gasteiger partial charge in [-0.2, -0.15) is 0 Å². The van der Waals surface area contributed by atoms with Crippen LogP contribution in [0.2, 0.25) is 5.02 Å². The van der Waals surface area contributed by atoms with Gasteiger partial charge in [0.1, 0.15) is 17.9 Å². The fraction of sp³-hybridized carbons (Fsp3) is 0.391. The number of benzene rings is 1. The summed E-state index contributed by atoms with van der Waals surface area (Å²) >= 11 is 7.53. The summed E-state index contributed by atoms with van der Waals surface area (Å²) in [7, 11) is 1.08. The molecule has 0 saturated carbocycles. The highest BCUT2D eigenvalue weighted by Gasteiger charge is 2.63. The molecule has 14 heteroatoms. The minimum Gasteiger partial charge on any atom is -0.480 e. The van der Waals surface area contributed by atoms with Crippen molar-refractivity contribution < 1.29 is 37.3 Å². The maximum atomic E-state index is 14.9. The maximum absolute atomic E-state index is 14.9. The third kappa shape index (κ3) is 5.03. The molecule has 1 fully saturated rings. The van der Waals surface area contributed by atoms with Crippen LogP contribution in [0.15, 0.2) is 46.2 Å². The van der Waals surface area contributed by atoms with Crippen LogP contribution in [0.1, 0.15) is 30.5 Å². The van der Waals surface area contributed by atoms with Gasteiger partial charge >= 0.3 is 12.1 Å². The lowest BCUT2D eigenvalue weighted by Crippen LogP contribution is -2.47. The van der Waals surface area contributed by atoms with Gasteiger partial charge in [0.15, 0.2) is 16.6 Å². The summed E-state index contributed by atoms with van der Waals surface area (Å²) in [6.07, 6.45) is 0.394. The number of methoxy groups -OCH3 is 1. The number of halogens is 4. The van der Waals surface area contributed by atoms with E-state index in [4.69, 9.17) is 16.3 Å². The monoisotopic (exact) mass is 558 g/mol. The van der Waals surface area contributed by atoms with Crippen molar-refractivity contribution in [2.45, 2.75) is 31.9 Å².